The SMILES string of the molecule is CC1=C(N2C[C@H]3[C@H](c4ccc(F)cc4C)[C@@H](O[C@H](C)c4cc(C(F)(F)F)cc(C(F)(F)F)c4)CC[C@@H]3C2O)CCC1=O. The zero-order valence-electron chi connectivity index (χ0n) is 23.3. The molecule has 1 saturated carbocycles. The van der Waals surface area contributed by atoms with Crippen LogP contribution in [0.4, 0.5) is 30.7 Å². The van der Waals surface area contributed by atoms with Crippen LogP contribution >= 0.6 is 0 Å². The maximum atomic E-state index is 14.1. The van der Waals surface area contributed by atoms with Gasteiger partial charge in [0.2, 0.25) is 0 Å². The lowest BCUT2D eigenvalue weighted by Crippen LogP contribution is -2.40. The second kappa shape index (κ2) is 11.0. The molecule has 3 aliphatic rings. The van der Waals surface area contributed by atoms with E-state index in [0.717, 1.165) is 11.3 Å². The largest absolute Gasteiger partial charge is 0.416 e. The number of carbonyl (C=O) groups excluding carboxylic acids is 1. The predicted octanol–water partition coefficient (Wildman–Crippen LogP) is 7.70. The van der Waals surface area contributed by atoms with Gasteiger partial charge >= 0.3 is 12.4 Å². The van der Waals surface area contributed by atoms with Crippen LogP contribution in [0.3, 0.4) is 0 Å². The molecule has 1 aliphatic heterocycles. The molecular weight excluding hydrogens is 567 g/mol. The summed E-state index contributed by atoms with van der Waals surface area (Å²) in [6, 6.07) is 5.75. The summed E-state index contributed by atoms with van der Waals surface area (Å²) in [4.78, 5) is 14.1. The van der Waals surface area contributed by atoms with Crippen LogP contribution in [0, 0.1) is 24.6 Å². The first-order chi connectivity index (χ1) is 19.6. The maximum Gasteiger partial charge on any atom is 0.416 e. The number of alkyl halides is 6. The van der Waals surface area contributed by atoms with E-state index in [1.807, 2.05) is 4.90 Å². The number of rotatable bonds is 5. The van der Waals surface area contributed by atoms with Gasteiger partial charge in [-0.25, -0.2) is 4.39 Å². The van der Waals surface area contributed by atoms with Gasteiger partial charge in [-0.3, -0.25) is 4.79 Å². The summed E-state index contributed by atoms with van der Waals surface area (Å²) in [5, 5.41) is 11.4. The van der Waals surface area contributed by atoms with Crippen LogP contribution in [-0.4, -0.2) is 34.7 Å². The number of halogens is 7. The number of hydrogen-bond donors (Lipinski definition) is 1. The average Bonchev–Trinajstić information content (AvgIpc) is 3.41. The molecule has 2 aliphatic carbocycles. The molecule has 0 spiro atoms. The van der Waals surface area contributed by atoms with Gasteiger partial charge in [0.05, 0.1) is 23.3 Å². The van der Waals surface area contributed by atoms with Crippen molar-refractivity contribution in [3.8, 4) is 0 Å². The number of nitrogens with zero attached hydrogens (tertiary/aromatic N) is 1. The van der Waals surface area contributed by atoms with Crippen molar-refractivity contribution in [2.45, 2.75) is 83.2 Å². The van der Waals surface area contributed by atoms with Crippen LogP contribution < -0.4 is 0 Å². The summed E-state index contributed by atoms with van der Waals surface area (Å²) in [7, 11) is 0. The van der Waals surface area contributed by atoms with E-state index in [4.69, 9.17) is 4.74 Å². The Bertz CT molecular complexity index is 1370. The van der Waals surface area contributed by atoms with E-state index in [2.05, 4.69) is 0 Å². The van der Waals surface area contributed by atoms with Crippen molar-refractivity contribution in [2.24, 2.45) is 11.8 Å². The minimum Gasteiger partial charge on any atom is -0.373 e. The van der Waals surface area contributed by atoms with E-state index >= 15 is 0 Å². The van der Waals surface area contributed by atoms with Gasteiger partial charge in [0.25, 0.3) is 0 Å². The number of Topliss-reactive ketones (excluding diaryl/α,β-unsaturated/α-hetero) is 1. The molecule has 5 rings (SSSR count). The number of aliphatic hydroxyl groups excluding tert-OH is 1. The first kappa shape index (κ1) is 30.5. The monoisotopic (exact) mass is 599 g/mol. The van der Waals surface area contributed by atoms with Crippen molar-refractivity contribution < 1.29 is 45.4 Å². The Morgan fingerprint density at radius 3 is 2.12 bits per heavy atom. The molecule has 228 valence electrons. The minimum atomic E-state index is -4.99. The van der Waals surface area contributed by atoms with Gasteiger partial charge in [-0.2, -0.15) is 26.3 Å². The average molecular weight is 600 g/mol. The molecular formula is C31H32F7NO3. The highest BCUT2D eigenvalue weighted by Crippen LogP contribution is 2.52. The van der Waals surface area contributed by atoms with Crippen molar-refractivity contribution in [2.75, 3.05) is 6.54 Å². The zero-order valence-corrected chi connectivity index (χ0v) is 23.3. The van der Waals surface area contributed by atoms with Crippen molar-refractivity contribution in [1.82, 2.24) is 4.90 Å². The Morgan fingerprint density at radius 2 is 1.57 bits per heavy atom. The van der Waals surface area contributed by atoms with Gasteiger partial charge in [0.15, 0.2) is 5.78 Å². The smallest absolute Gasteiger partial charge is 0.373 e. The number of ketones is 1. The van der Waals surface area contributed by atoms with Gasteiger partial charge in [-0.05, 0) is 93.0 Å². The first-order valence-corrected chi connectivity index (χ1v) is 13.9. The summed E-state index contributed by atoms with van der Waals surface area (Å²) >= 11 is 0. The van der Waals surface area contributed by atoms with Crippen molar-refractivity contribution in [3.05, 3.63) is 81.3 Å². The quantitative estimate of drug-likeness (QED) is 0.358. The fourth-order valence-electron chi connectivity index (χ4n) is 7.03. The predicted molar refractivity (Wildman–Crippen MR) is 139 cm³/mol. The molecule has 1 heterocycles. The fraction of sp³-hybridized carbons (Fsp3) is 0.516. The Labute approximate surface area is 239 Å². The summed E-state index contributed by atoms with van der Waals surface area (Å²) in [5.74, 6) is -1.31. The van der Waals surface area contributed by atoms with Gasteiger partial charge in [0, 0.05) is 36.1 Å². The van der Waals surface area contributed by atoms with Crippen molar-refractivity contribution in [1.29, 1.82) is 0 Å². The van der Waals surface area contributed by atoms with Gasteiger partial charge in [0.1, 0.15) is 12.0 Å². The molecule has 0 bridgehead atoms. The summed E-state index contributed by atoms with van der Waals surface area (Å²) in [6.07, 6.45) is -10.9. The van der Waals surface area contributed by atoms with E-state index in [9.17, 15) is 40.6 Å². The van der Waals surface area contributed by atoms with E-state index in [-0.39, 0.29) is 29.2 Å². The van der Waals surface area contributed by atoms with Crippen molar-refractivity contribution >= 4 is 5.78 Å². The summed E-state index contributed by atoms with van der Waals surface area (Å²) in [6.45, 7) is 5.27. The highest BCUT2D eigenvalue weighted by atomic mass is 19.4. The molecule has 11 heteroatoms. The molecule has 4 nitrogen and oxygen atoms in total. The van der Waals surface area contributed by atoms with E-state index < -0.39 is 53.7 Å². The molecule has 6 atom stereocenters. The Morgan fingerprint density at radius 1 is 0.929 bits per heavy atom. The number of hydrogen-bond acceptors (Lipinski definition) is 4. The second-order valence-electron chi connectivity index (χ2n) is 11.6. The van der Waals surface area contributed by atoms with Crippen LogP contribution in [0.25, 0.3) is 0 Å². The number of benzene rings is 2. The zero-order chi connectivity index (χ0) is 30.7. The van der Waals surface area contributed by atoms with Gasteiger partial charge < -0.3 is 14.7 Å². The lowest BCUT2D eigenvalue weighted by molar-refractivity contribution is -0.143. The Kier molecular flexibility index (Phi) is 7.98. The number of ether oxygens (including phenoxy) is 1. The highest BCUT2D eigenvalue weighted by molar-refractivity contribution is 5.97. The fourth-order valence-corrected chi connectivity index (χ4v) is 7.03. The molecule has 0 aromatic heterocycles. The number of fused-ring (bicyclic) bond motifs is 1. The van der Waals surface area contributed by atoms with Crippen LogP contribution in [0.1, 0.15) is 79.4 Å². The number of likely N-dealkylation sites (tertiary alicyclic amines) is 1. The number of aryl methyl sites for hydroxylation is 1. The third-order valence-corrected chi connectivity index (χ3v) is 9.14. The molecule has 0 radical (unpaired) electrons. The van der Waals surface area contributed by atoms with Crippen LogP contribution in [0.2, 0.25) is 0 Å². The third-order valence-electron chi connectivity index (χ3n) is 9.14. The molecule has 1 saturated heterocycles. The molecule has 0 amide bonds. The lowest BCUT2D eigenvalue weighted by atomic mass is 9.68. The van der Waals surface area contributed by atoms with Crippen LogP contribution in [-0.2, 0) is 21.9 Å². The topological polar surface area (TPSA) is 49.8 Å². The molecule has 1 unspecified atom stereocenters. The number of aliphatic hydroxyl groups is 1. The minimum absolute atomic E-state index is 0.0207. The van der Waals surface area contributed by atoms with Gasteiger partial charge in [-0.15, -0.1) is 0 Å². The van der Waals surface area contributed by atoms with Crippen LogP contribution in [0.5, 0.6) is 0 Å². The lowest BCUT2D eigenvalue weighted by Gasteiger charge is -2.41. The Hall–Kier alpha value is -2.92. The second-order valence-corrected chi connectivity index (χ2v) is 11.6. The number of carbonyl (C=O) groups is 1. The molecule has 2 aromatic rings. The Balaban J connectivity index is 1.51. The van der Waals surface area contributed by atoms with E-state index in [0.29, 0.717) is 55.5 Å². The standard InChI is InChI=1S/C31H32F7NO3/c1-15-10-21(32)4-5-22(15)28-24-14-39(25-7-8-26(40)16(25)2)29(41)23(24)6-9-27(28)42-17(3)18-11-19(30(33,34)35)13-20(12-18)31(36,37)38/h4-5,10-13,17,23-24,27-29,41H,6-9,14H2,1-3H3/t17-,23+,24-,27+,28+,29?/m1/s1. The van der Waals surface area contributed by atoms with Crippen molar-refractivity contribution in [3.63, 3.8) is 0 Å². The molecule has 2 aromatic carbocycles. The van der Waals surface area contributed by atoms with E-state index in [1.54, 1.807) is 19.9 Å². The third kappa shape index (κ3) is 5.69. The highest BCUT2D eigenvalue weighted by Gasteiger charge is 2.52. The van der Waals surface area contributed by atoms with E-state index in [1.165, 1.54) is 19.1 Å². The molecule has 1 N–H and O–H groups in total. The summed E-state index contributed by atoms with van der Waals surface area (Å²) in [5.41, 5.74) is -0.333. The normalized spacial score (nSPS) is 27.5. The molecule has 42 heavy (non-hydrogen) atoms. The first-order valence-electron chi connectivity index (χ1n) is 13.9. The number of allylic oxidation sites excluding steroid dienone is 2. The summed E-state index contributed by atoms with van der Waals surface area (Å²) < 4.78 is 102. The van der Waals surface area contributed by atoms with Gasteiger partial charge in [-0.1, -0.05) is 6.07 Å². The maximum absolute atomic E-state index is 14.1. The van der Waals surface area contributed by atoms with Crippen LogP contribution in [0.15, 0.2) is 47.7 Å². The molecule has 2 fully saturated rings.